The summed E-state index contributed by atoms with van der Waals surface area (Å²) in [6, 6.07) is 2.21. The first-order valence-electron chi connectivity index (χ1n) is 4.68. The van der Waals surface area contributed by atoms with Gasteiger partial charge in [0.25, 0.3) is 0 Å². The standard InChI is InChI=1S/C10H14N4/c1-3-14(8-9(2)6-11)10-7-12-4-5-13-10/h4-5,7,9H,3,8H2,1-2H3. The molecule has 0 aliphatic rings. The van der Waals surface area contributed by atoms with E-state index in [0.717, 1.165) is 12.4 Å². The van der Waals surface area contributed by atoms with Crippen LogP contribution in [0.2, 0.25) is 0 Å². The van der Waals surface area contributed by atoms with Crippen molar-refractivity contribution in [2.75, 3.05) is 18.0 Å². The van der Waals surface area contributed by atoms with Crippen LogP contribution in [-0.4, -0.2) is 23.1 Å². The summed E-state index contributed by atoms with van der Waals surface area (Å²) >= 11 is 0. The van der Waals surface area contributed by atoms with Crippen LogP contribution in [0, 0.1) is 17.2 Å². The molecule has 0 saturated carbocycles. The van der Waals surface area contributed by atoms with Gasteiger partial charge in [0.05, 0.1) is 18.2 Å². The van der Waals surface area contributed by atoms with Crippen molar-refractivity contribution in [2.45, 2.75) is 13.8 Å². The molecule has 0 aliphatic carbocycles. The van der Waals surface area contributed by atoms with E-state index in [1.54, 1.807) is 18.6 Å². The van der Waals surface area contributed by atoms with Crippen molar-refractivity contribution >= 4 is 5.82 Å². The topological polar surface area (TPSA) is 52.8 Å². The van der Waals surface area contributed by atoms with Gasteiger partial charge in [0, 0.05) is 25.5 Å². The van der Waals surface area contributed by atoms with E-state index in [4.69, 9.17) is 5.26 Å². The second kappa shape index (κ2) is 5.18. The molecule has 0 N–H and O–H groups in total. The fraction of sp³-hybridized carbons (Fsp3) is 0.500. The molecule has 1 rings (SSSR count). The number of nitrogens with zero attached hydrogens (tertiary/aromatic N) is 4. The molecule has 1 aromatic heterocycles. The van der Waals surface area contributed by atoms with Gasteiger partial charge in [-0.2, -0.15) is 5.26 Å². The molecule has 0 aliphatic heterocycles. The van der Waals surface area contributed by atoms with Crippen molar-refractivity contribution in [3.8, 4) is 6.07 Å². The minimum atomic E-state index is 0.0111. The monoisotopic (exact) mass is 190 g/mol. The normalized spacial score (nSPS) is 11.8. The molecule has 0 spiro atoms. The summed E-state index contributed by atoms with van der Waals surface area (Å²) in [5, 5.41) is 8.71. The van der Waals surface area contributed by atoms with Gasteiger partial charge in [-0.25, -0.2) is 4.98 Å². The highest BCUT2D eigenvalue weighted by Crippen LogP contribution is 2.09. The number of aromatic nitrogens is 2. The van der Waals surface area contributed by atoms with Gasteiger partial charge >= 0.3 is 0 Å². The average Bonchev–Trinajstić information content (AvgIpc) is 2.26. The summed E-state index contributed by atoms with van der Waals surface area (Å²) in [5.41, 5.74) is 0. The lowest BCUT2D eigenvalue weighted by Crippen LogP contribution is -2.28. The minimum Gasteiger partial charge on any atom is -0.354 e. The number of hydrogen-bond acceptors (Lipinski definition) is 4. The highest BCUT2D eigenvalue weighted by molar-refractivity contribution is 5.34. The Morgan fingerprint density at radius 1 is 1.57 bits per heavy atom. The van der Waals surface area contributed by atoms with Crippen LogP contribution in [-0.2, 0) is 0 Å². The molecule has 1 heterocycles. The van der Waals surface area contributed by atoms with Gasteiger partial charge in [-0.1, -0.05) is 0 Å². The molecule has 0 bridgehead atoms. The molecule has 1 unspecified atom stereocenters. The Bertz CT molecular complexity index is 304. The highest BCUT2D eigenvalue weighted by Gasteiger charge is 2.09. The zero-order valence-electron chi connectivity index (χ0n) is 8.51. The molecule has 1 aromatic rings. The summed E-state index contributed by atoms with van der Waals surface area (Å²) < 4.78 is 0. The lowest BCUT2D eigenvalue weighted by molar-refractivity contribution is 0.678. The molecule has 4 nitrogen and oxygen atoms in total. The smallest absolute Gasteiger partial charge is 0.147 e. The van der Waals surface area contributed by atoms with Gasteiger partial charge in [-0.05, 0) is 13.8 Å². The van der Waals surface area contributed by atoms with E-state index in [1.165, 1.54) is 0 Å². The largest absolute Gasteiger partial charge is 0.354 e. The van der Waals surface area contributed by atoms with Crippen molar-refractivity contribution in [3.63, 3.8) is 0 Å². The van der Waals surface area contributed by atoms with Crippen molar-refractivity contribution in [2.24, 2.45) is 5.92 Å². The van der Waals surface area contributed by atoms with E-state index in [9.17, 15) is 0 Å². The van der Waals surface area contributed by atoms with Crippen molar-refractivity contribution in [3.05, 3.63) is 18.6 Å². The molecule has 0 saturated heterocycles. The third kappa shape index (κ3) is 2.70. The van der Waals surface area contributed by atoms with Crippen LogP contribution in [0.15, 0.2) is 18.6 Å². The van der Waals surface area contributed by atoms with E-state index in [-0.39, 0.29) is 5.92 Å². The number of anilines is 1. The van der Waals surface area contributed by atoms with Crippen molar-refractivity contribution in [1.82, 2.24) is 9.97 Å². The summed E-state index contributed by atoms with van der Waals surface area (Å²) in [7, 11) is 0. The van der Waals surface area contributed by atoms with E-state index in [1.807, 2.05) is 18.7 Å². The first kappa shape index (κ1) is 10.5. The van der Waals surface area contributed by atoms with Crippen LogP contribution in [0.4, 0.5) is 5.82 Å². The Morgan fingerprint density at radius 3 is 2.86 bits per heavy atom. The molecular weight excluding hydrogens is 176 g/mol. The molecule has 14 heavy (non-hydrogen) atoms. The maximum atomic E-state index is 8.71. The zero-order chi connectivity index (χ0) is 10.4. The predicted molar refractivity (Wildman–Crippen MR) is 54.7 cm³/mol. The Labute approximate surface area is 84.2 Å². The van der Waals surface area contributed by atoms with Gasteiger partial charge in [-0.3, -0.25) is 4.98 Å². The van der Waals surface area contributed by atoms with E-state index < -0.39 is 0 Å². The van der Waals surface area contributed by atoms with Crippen molar-refractivity contribution < 1.29 is 0 Å². The fourth-order valence-electron chi connectivity index (χ4n) is 1.21. The Morgan fingerprint density at radius 2 is 2.36 bits per heavy atom. The summed E-state index contributed by atoms with van der Waals surface area (Å²) in [6.07, 6.45) is 5.02. The quantitative estimate of drug-likeness (QED) is 0.721. The zero-order valence-corrected chi connectivity index (χ0v) is 8.51. The van der Waals surface area contributed by atoms with Gasteiger partial charge in [-0.15, -0.1) is 0 Å². The Balaban J connectivity index is 2.69. The highest BCUT2D eigenvalue weighted by atomic mass is 15.2. The average molecular weight is 190 g/mol. The SMILES string of the molecule is CCN(CC(C)C#N)c1cnccn1. The van der Waals surface area contributed by atoms with Crippen LogP contribution in [0.1, 0.15) is 13.8 Å². The first-order valence-corrected chi connectivity index (χ1v) is 4.68. The molecule has 0 fully saturated rings. The van der Waals surface area contributed by atoms with Crippen LogP contribution in [0.25, 0.3) is 0 Å². The lowest BCUT2D eigenvalue weighted by Gasteiger charge is -2.22. The lowest BCUT2D eigenvalue weighted by atomic mass is 10.2. The van der Waals surface area contributed by atoms with Gasteiger partial charge in [0.15, 0.2) is 0 Å². The fourth-order valence-corrected chi connectivity index (χ4v) is 1.21. The Kier molecular flexibility index (Phi) is 3.86. The molecule has 0 radical (unpaired) electrons. The third-order valence-corrected chi connectivity index (χ3v) is 1.97. The summed E-state index contributed by atoms with van der Waals surface area (Å²) in [5.74, 6) is 0.842. The van der Waals surface area contributed by atoms with Crippen LogP contribution in [0.5, 0.6) is 0 Å². The van der Waals surface area contributed by atoms with E-state index in [0.29, 0.717) is 6.54 Å². The maximum absolute atomic E-state index is 8.71. The second-order valence-corrected chi connectivity index (χ2v) is 3.13. The van der Waals surface area contributed by atoms with Gasteiger partial charge in [0.2, 0.25) is 0 Å². The third-order valence-electron chi connectivity index (χ3n) is 1.97. The second-order valence-electron chi connectivity index (χ2n) is 3.13. The molecule has 0 aromatic carbocycles. The van der Waals surface area contributed by atoms with Gasteiger partial charge in [0.1, 0.15) is 5.82 Å². The van der Waals surface area contributed by atoms with E-state index >= 15 is 0 Å². The number of hydrogen-bond donors (Lipinski definition) is 0. The van der Waals surface area contributed by atoms with E-state index in [2.05, 4.69) is 16.0 Å². The molecule has 1 atom stereocenters. The maximum Gasteiger partial charge on any atom is 0.147 e. The molecular formula is C10H14N4. The molecule has 74 valence electrons. The minimum absolute atomic E-state index is 0.0111. The number of rotatable bonds is 4. The summed E-state index contributed by atoms with van der Waals surface area (Å²) in [6.45, 7) is 5.48. The first-order chi connectivity index (χ1) is 6.77. The van der Waals surface area contributed by atoms with Crippen LogP contribution >= 0.6 is 0 Å². The predicted octanol–water partition coefficient (Wildman–Crippen LogP) is 1.46. The molecule has 0 amide bonds. The molecule has 4 heteroatoms. The number of nitriles is 1. The van der Waals surface area contributed by atoms with Crippen molar-refractivity contribution in [1.29, 1.82) is 5.26 Å². The van der Waals surface area contributed by atoms with Crippen LogP contribution in [0.3, 0.4) is 0 Å². The van der Waals surface area contributed by atoms with Gasteiger partial charge < -0.3 is 4.90 Å². The Hall–Kier alpha value is -1.63. The summed E-state index contributed by atoms with van der Waals surface area (Å²) in [4.78, 5) is 10.2. The van der Waals surface area contributed by atoms with Crippen LogP contribution < -0.4 is 4.90 Å².